The summed E-state index contributed by atoms with van der Waals surface area (Å²) in [6.07, 6.45) is 3.55. The van der Waals surface area contributed by atoms with Crippen LogP contribution in [0.1, 0.15) is 5.56 Å². The Kier molecular flexibility index (Phi) is 5.94. The van der Waals surface area contributed by atoms with Gasteiger partial charge in [0.2, 0.25) is 5.88 Å². The van der Waals surface area contributed by atoms with E-state index in [4.69, 9.17) is 4.74 Å². The summed E-state index contributed by atoms with van der Waals surface area (Å²) in [4.78, 5) is 12.8. The predicted octanol–water partition coefficient (Wildman–Crippen LogP) is 3.91. The van der Waals surface area contributed by atoms with Crippen molar-refractivity contribution in [3.8, 4) is 5.88 Å². The van der Waals surface area contributed by atoms with Crippen LogP contribution >= 0.6 is 23.7 Å². The molecule has 0 atom stereocenters. The number of ether oxygens (including phenoxy) is 1. The van der Waals surface area contributed by atoms with Gasteiger partial charge in [0.15, 0.2) is 16.8 Å². The molecule has 3 rings (SSSR count). The molecule has 0 fully saturated rings. The topological polar surface area (TPSA) is 64.9 Å². The number of imidazole rings is 1. The molecule has 136 valence electrons. The smallest absolute Gasteiger partial charge is 0.219 e. The second kappa shape index (κ2) is 8.37. The molecule has 0 saturated heterocycles. The molecule has 1 N–H and O–H groups in total. The first-order valence-electron chi connectivity index (χ1n) is 7.44. The fourth-order valence-electron chi connectivity index (χ4n) is 1.97. The number of aromatic nitrogens is 4. The lowest BCUT2D eigenvalue weighted by Gasteiger charge is -2.08. The first-order valence-corrected chi connectivity index (χ1v) is 9.25. The summed E-state index contributed by atoms with van der Waals surface area (Å²) in [6.45, 7) is 0. The van der Waals surface area contributed by atoms with E-state index >= 15 is 0 Å². The predicted molar refractivity (Wildman–Crippen MR) is 97.2 cm³/mol. The van der Waals surface area contributed by atoms with E-state index in [9.17, 15) is 8.78 Å². The normalized spacial score (nSPS) is 10.8. The zero-order chi connectivity index (χ0) is 18.5. The number of hydrogen-bond acceptors (Lipinski definition) is 7. The highest BCUT2D eigenvalue weighted by Crippen LogP contribution is 2.27. The molecule has 0 amide bonds. The lowest BCUT2D eigenvalue weighted by atomic mass is 10.2. The first-order chi connectivity index (χ1) is 12.5. The Morgan fingerprint density at radius 3 is 2.85 bits per heavy atom. The third-order valence-corrected chi connectivity index (χ3v) is 4.85. The SMILES string of the molecule is COc1cc(NSc2cn(C)cn2)nc(SCc2cccc(F)c2F)n1. The fraction of sp³-hybridized carbons (Fsp3) is 0.188. The number of rotatable bonds is 7. The molecular weight excluding hydrogens is 380 g/mol. The van der Waals surface area contributed by atoms with Crippen molar-refractivity contribution in [2.45, 2.75) is 15.9 Å². The summed E-state index contributed by atoms with van der Waals surface area (Å²) in [5, 5.41) is 1.17. The number of benzene rings is 1. The quantitative estimate of drug-likeness (QED) is 0.370. The molecule has 0 aliphatic heterocycles. The Labute approximate surface area is 157 Å². The lowest BCUT2D eigenvalue weighted by molar-refractivity contribution is 0.393. The van der Waals surface area contributed by atoms with Crippen molar-refractivity contribution in [1.82, 2.24) is 19.5 Å². The van der Waals surface area contributed by atoms with Crippen LogP contribution in [0.5, 0.6) is 5.88 Å². The van der Waals surface area contributed by atoms with Gasteiger partial charge in [-0.3, -0.25) is 0 Å². The minimum Gasteiger partial charge on any atom is -0.481 e. The minimum absolute atomic E-state index is 0.198. The second-order valence-electron chi connectivity index (χ2n) is 5.16. The number of hydrogen-bond donors (Lipinski definition) is 1. The summed E-state index contributed by atoms with van der Waals surface area (Å²) in [5.41, 5.74) is 0.249. The minimum atomic E-state index is -0.872. The maximum atomic E-state index is 13.8. The van der Waals surface area contributed by atoms with Gasteiger partial charge in [0, 0.05) is 42.6 Å². The van der Waals surface area contributed by atoms with Crippen molar-refractivity contribution in [3.05, 3.63) is 54.0 Å². The zero-order valence-electron chi connectivity index (χ0n) is 13.9. The molecule has 0 spiro atoms. The van der Waals surface area contributed by atoms with E-state index in [0.717, 1.165) is 11.1 Å². The highest BCUT2D eigenvalue weighted by Gasteiger charge is 2.11. The average Bonchev–Trinajstić information content (AvgIpc) is 3.06. The van der Waals surface area contributed by atoms with Crippen LogP contribution in [-0.2, 0) is 12.8 Å². The molecular formula is C16H15F2N5OS2. The number of methoxy groups -OCH3 is 1. The molecule has 0 unspecified atom stereocenters. The maximum absolute atomic E-state index is 13.8. The van der Waals surface area contributed by atoms with Crippen LogP contribution in [0.3, 0.4) is 0 Å². The molecule has 0 aliphatic carbocycles. The molecule has 3 aromatic rings. The van der Waals surface area contributed by atoms with Gasteiger partial charge in [-0.25, -0.2) is 18.7 Å². The Hall–Kier alpha value is -2.33. The van der Waals surface area contributed by atoms with E-state index in [1.54, 1.807) is 12.4 Å². The molecule has 2 aromatic heterocycles. The van der Waals surface area contributed by atoms with Crippen molar-refractivity contribution in [1.29, 1.82) is 0 Å². The molecule has 0 aliphatic rings. The third-order valence-electron chi connectivity index (χ3n) is 3.22. The highest BCUT2D eigenvalue weighted by atomic mass is 32.2. The van der Waals surface area contributed by atoms with Gasteiger partial charge in [-0.2, -0.15) is 4.98 Å². The summed E-state index contributed by atoms with van der Waals surface area (Å²) in [7, 11) is 3.38. The molecule has 2 heterocycles. The second-order valence-corrected chi connectivity index (χ2v) is 6.93. The summed E-state index contributed by atoms with van der Waals surface area (Å²) in [5.74, 6) is -0.638. The largest absolute Gasteiger partial charge is 0.481 e. The Bertz CT molecular complexity index is 906. The molecule has 0 saturated carbocycles. The van der Waals surface area contributed by atoms with Crippen molar-refractivity contribution < 1.29 is 13.5 Å². The van der Waals surface area contributed by atoms with Crippen molar-refractivity contribution in [3.63, 3.8) is 0 Å². The van der Waals surface area contributed by atoms with E-state index in [-0.39, 0.29) is 11.3 Å². The Balaban J connectivity index is 1.71. The van der Waals surface area contributed by atoms with Crippen molar-refractivity contribution in [2.24, 2.45) is 7.05 Å². The number of nitrogens with zero attached hydrogens (tertiary/aromatic N) is 4. The van der Waals surface area contributed by atoms with Crippen LogP contribution in [0.2, 0.25) is 0 Å². The molecule has 1 aromatic carbocycles. The third kappa shape index (κ3) is 4.64. The number of aryl methyl sites for hydroxylation is 1. The van der Waals surface area contributed by atoms with Crippen LogP contribution < -0.4 is 9.46 Å². The number of thioether (sulfide) groups is 1. The van der Waals surface area contributed by atoms with Crippen LogP contribution in [0.4, 0.5) is 14.6 Å². The Morgan fingerprint density at radius 1 is 1.27 bits per heavy atom. The molecule has 0 radical (unpaired) electrons. The number of halogens is 2. The van der Waals surface area contributed by atoms with Gasteiger partial charge >= 0.3 is 0 Å². The van der Waals surface area contributed by atoms with E-state index in [2.05, 4.69) is 19.7 Å². The summed E-state index contributed by atoms with van der Waals surface area (Å²) in [6, 6.07) is 5.73. The first kappa shape index (κ1) is 18.5. The van der Waals surface area contributed by atoms with Gasteiger partial charge in [0.25, 0.3) is 0 Å². The van der Waals surface area contributed by atoms with Crippen LogP contribution in [0.25, 0.3) is 0 Å². The van der Waals surface area contributed by atoms with E-state index in [1.165, 1.54) is 43.0 Å². The fourth-order valence-corrected chi connectivity index (χ4v) is 3.43. The van der Waals surface area contributed by atoms with Crippen molar-refractivity contribution in [2.75, 3.05) is 11.8 Å². The average molecular weight is 395 g/mol. The van der Waals surface area contributed by atoms with Gasteiger partial charge < -0.3 is 14.0 Å². The zero-order valence-corrected chi connectivity index (χ0v) is 15.6. The molecule has 26 heavy (non-hydrogen) atoms. The van der Waals surface area contributed by atoms with E-state index < -0.39 is 11.6 Å². The molecule has 0 bridgehead atoms. The van der Waals surface area contributed by atoms with Crippen LogP contribution in [0, 0.1) is 11.6 Å². The van der Waals surface area contributed by atoms with Gasteiger partial charge in [-0.1, -0.05) is 23.9 Å². The van der Waals surface area contributed by atoms with Gasteiger partial charge in [0.1, 0.15) is 10.8 Å². The lowest BCUT2D eigenvalue weighted by Crippen LogP contribution is -1.99. The monoisotopic (exact) mass is 395 g/mol. The summed E-state index contributed by atoms with van der Waals surface area (Å²) >= 11 is 2.48. The van der Waals surface area contributed by atoms with Gasteiger partial charge in [0.05, 0.1) is 13.4 Å². The number of anilines is 1. The van der Waals surface area contributed by atoms with Crippen LogP contribution in [-0.4, -0.2) is 26.6 Å². The summed E-state index contributed by atoms with van der Waals surface area (Å²) < 4.78 is 37.1. The van der Waals surface area contributed by atoms with Crippen LogP contribution in [0.15, 0.2) is 47.0 Å². The van der Waals surface area contributed by atoms with Crippen molar-refractivity contribution >= 4 is 29.5 Å². The number of nitrogens with one attached hydrogen (secondary N) is 1. The van der Waals surface area contributed by atoms with E-state index in [0.29, 0.717) is 16.9 Å². The standard InChI is InChI=1S/C16H15F2N5OS2/c1-23-7-14(19-9-23)26-22-12-6-13(24-2)21-16(20-12)25-8-10-4-3-5-11(17)15(10)18/h3-7,9H,8H2,1-2H3,(H,20,21,22). The maximum Gasteiger partial charge on any atom is 0.219 e. The molecule has 10 heteroatoms. The molecule has 6 nitrogen and oxygen atoms in total. The van der Waals surface area contributed by atoms with Gasteiger partial charge in [-0.15, -0.1) is 0 Å². The van der Waals surface area contributed by atoms with E-state index in [1.807, 2.05) is 17.8 Å². The highest BCUT2D eigenvalue weighted by molar-refractivity contribution is 8.00. The van der Waals surface area contributed by atoms with Gasteiger partial charge in [-0.05, 0) is 6.07 Å². The Morgan fingerprint density at radius 2 is 2.12 bits per heavy atom.